The van der Waals surface area contributed by atoms with Gasteiger partial charge in [0.1, 0.15) is 6.29 Å². The van der Waals surface area contributed by atoms with E-state index >= 15 is 0 Å². The predicted octanol–water partition coefficient (Wildman–Crippen LogP) is 4.96. The molecule has 0 saturated carbocycles. The van der Waals surface area contributed by atoms with Gasteiger partial charge in [0.2, 0.25) is 0 Å². The fourth-order valence-corrected chi connectivity index (χ4v) is 2.64. The van der Waals surface area contributed by atoms with E-state index in [-0.39, 0.29) is 0 Å². The summed E-state index contributed by atoms with van der Waals surface area (Å²) in [6.45, 7) is 0. The zero-order valence-electron chi connectivity index (χ0n) is 8.69. The summed E-state index contributed by atoms with van der Waals surface area (Å²) in [5.41, 5.74) is 0.659. The van der Waals surface area contributed by atoms with Crippen molar-refractivity contribution in [2.75, 3.05) is 0 Å². The smallest absolute Gasteiger partial charge is 0.150 e. The van der Waals surface area contributed by atoms with Gasteiger partial charge in [0.25, 0.3) is 0 Å². The van der Waals surface area contributed by atoms with Crippen LogP contribution in [0, 0.1) is 0 Å². The summed E-state index contributed by atoms with van der Waals surface area (Å²) in [7, 11) is 0. The fraction of sp³-hybridized carbons (Fsp3) is 0. The summed E-state index contributed by atoms with van der Waals surface area (Å²) in [5.74, 6) is 0. The molecule has 0 unspecified atom stereocenters. The van der Waals surface area contributed by atoms with E-state index in [9.17, 15) is 4.79 Å². The molecule has 2 rings (SSSR count). The van der Waals surface area contributed by atoms with E-state index in [1.54, 1.807) is 24.3 Å². The maximum atomic E-state index is 10.5. The summed E-state index contributed by atoms with van der Waals surface area (Å²) < 4.78 is 0. The number of hydrogen-bond donors (Lipinski definition) is 0. The lowest BCUT2D eigenvalue weighted by atomic mass is 10.2. The largest absolute Gasteiger partial charge is 0.298 e. The zero-order valence-corrected chi connectivity index (χ0v) is 11.0. The van der Waals surface area contributed by atoms with Gasteiger partial charge in [-0.25, -0.2) is 0 Å². The van der Waals surface area contributed by atoms with Crippen LogP contribution in [-0.4, -0.2) is 6.29 Å². The number of carbonyl (C=O) groups is 1. The number of aldehydes is 1. The minimum Gasteiger partial charge on any atom is -0.298 e. The Bertz CT molecular complexity index is 538. The lowest BCUT2D eigenvalue weighted by molar-refractivity contribution is 0.112. The average molecular weight is 283 g/mol. The molecule has 0 spiro atoms. The average Bonchev–Trinajstić information content (AvgIpc) is 2.35. The van der Waals surface area contributed by atoms with Crippen LogP contribution in [0.2, 0.25) is 10.0 Å². The number of benzene rings is 2. The second kappa shape index (κ2) is 5.58. The molecule has 0 saturated heterocycles. The van der Waals surface area contributed by atoms with Crippen molar-refractivity contribution in [3.8, 4) is 0 Å². The molecule has 0 heterocycles. The molecule has 0 amide bonds. The molecular weight excluding hydrogens is 275 g/mol. The quantitative estimate of drug-likeness (QED) is 0.741. The molecule has 0 N–H and O–H groups in total. The van der Waals surface area contributed by atoms with Gasteiger partial charge in [0, 0.05) is 20.4 Å². The van der Waals surface area contributed by atoms with Crippen LogP contribution in [0.4, 0.5) is 0 Å². The molecule has 0 atom stereocenters. The monoisotopic (exact) mass is 282 g/mol. The number of carbonyl (C=O) groups excluding carboxylic acids is 1. The highest BCUT2D eigenvalue weighted by Gasteiger charge is 2.03. The van der Waals surface area contributed by atoms with Gasteiger partial charge in [0.05, 0.1) is 5.02 Å². The first-order valence-electron chi connectivity index (χ1n) is 4.87. The Balaban J connectivity index is 2.24. The molecule has 2 aromatic rings. The lowest BCUT2D eigenvalue weighted by Gasteiger charge is -2.04. The van der Waals surface area contributed by atoms with Gasteiger partial charge in [-0.1, -0.05) is 47.1 Å². The van der Waals surface area contributed by atoms with Crippen molar-refractivity contribution in [3.05, 3.63) is 58.1 Å². The van der Waals surface area contributed by atoms with E-state index < -0.39 is 0 Å². The number of halogens is 2. The Morgan fingerprint density at radius 2 is 1.71 bits per heavy atom. The maximum absolute atomic E-state index is 10.5. The highest BCUT2D eigenvalue weighted by Crippen LogP contribution is 2.34. The van der Waals surface area contributed by atoms with E-state index in [2.05, 4.69) is 0 Å². The molecule has 2 aromatic carbocycles. The molecule has 0 bridgehead atoms. The van der Waals surface area contributed by atoms with Crippen molar-refractivity contribution in [1.82, 2.24) is 0 Å². The van der Waals surface area contributed by atoms with Gasteiger partial charge in [-0.3, -0.25) is 4.79 Å². The van der Waals surface area contributed by atoms with Gasteiger partial charge in [-0.15, -0.1) is 0 Å². The lowest BCUT2D eigenvalue weighted by Crippen LogP contribution is -1.80. The minimum absolute atomic E-state index is 0.654. The van der Waals surface area contributed by atoms with Crippen molar-refractivity contribution in [2.45, 2.75) is 9.79 Å². The van der Waals surface area contributed by atoms with Crippen LogP contribution in [0.25, 0.3) is 0 Å². The summed E-state index contributed by atoms with van der Waals surface area (Å²) in [6.07, 6.45) is 0.820. The SMILES string of the molecule is O=Cc1ccc(Sc2cc(Cl)ccc2Cl)cc1. The van der Waals surface area contributed by atoms with E-state index in [0.29, 0.717) is 15.6 Å². The van der Waals surface area contributed by atoms with Crippen LogP contribution < -0.4 is 0 Å². The minimum atomic E-state index is 0.654. The Hall–Kier alpha value is -0.960. The first-order valence-corrected chi connectivity index (χ1v) is 6.44. The molecule has 86 valence electrons. The van der Waals surface area contributed by atoms with Crippen molar-refractivity contribution in [2.24, 2.45) is 0 Å². The number of rotatable bonds is 3. The van der Waals surface area contributed by atoms with Gasteiger partial charge in [-0.05, 0) is 30.3 Å². The van der Waals surface area contributed by atoms with Crippen molar-refractivity contribution >= 4 is 41.2 Å². The fourth-order valence-electron chi connectivity index (χ4n) is 1.30. The van der Waals surface area contributed by atoms with Gasteiger partial charge in [0.15, 0.2) is 0 Å². The van der Waals surface area contributed by atoms with Crippen LogP contribution in [0.1, 0.15) is 10.4 Å². The van der Waals surface area contributed by atoms with E-state index in [4.69, 9.17) is 23.2 Å². The van der Waals surface area contributed by atoms with Crippen LogP contribution in [-0.2, 0) is 0 Å². The molecule has 0 fully saturated rings. The second-order valence-corrected chi connectivity index (χ2v) is 5.32. The molecular formula is C13H8Cl2OS. The first-order chi connectivity index (χ1) is 8.19. The Kier molecular flexibility index (Phi) is 4.11. The molecule has 0 aliphatic carbocycles. The van der Waals surface area contributed by atoms with E-state index in [1.165, 1.54) is 11.8 Å². The third-order valence-electron chi connectivity index (χ3n) is 2.14. The highest BCUT2D eigenvalue weighted by atomic mass is 35.5. The van der Waals surface area contributed by atoms with E-state index in [0.717, 1.165) is 16.1 Å². The van der Waals surface area contributed by atoms with Crippen LogP contribution >= 0.6 is 35.0 Å². The Morgan fingerprint density at radius 1 is 1.00 bits per heavy atom. The third kappa shape index (κ3) is 3.25. The second-order valence-electron chi connectivity index (χ2n) is 3.36. The van der Waals surface area contributed by atoms with E-state index in [1.807, 2.05) is 18.2 Å². The summed E-state index contributed by atoms with van der Waals surface area (Å²) in [5, 5.41) is 1.32. The maximum Gasteiger partial charge on any atom is 0.150 e. The molecule has 1 nitrogen and oxygen atoms in total. The summed E-state index contributed by atoms with van der Waals surface area (Å²) in [6, 6.07) is 12.6. The van der Waals surface area contributed by atoms with Crippen molar-refractivity contribution in [1.29, 1.82) is 0 Å². The molecule has 0 aliphatic rings. The van der Waals surface area contributed by atoms with Crippen LogP contribution in [0.5, 0.6) is 0 Å². The standard InChI is InChI=1S/C13H8Cl2OS/c14-10-3-6-12(15)13(7-10)17-11-4-1-9(8-16)2-5-11/h1-8H. The van der Waals surface area contributed by atoms with Gasteiger partial charge in [-0.2, -0.15) is 0 Å². The molecule has 4 heteroatoms. The first kappa shape index (κ1) is 12.5. The number of hydrogen-bond acceptors (Lipinski definition) is 2. The predicted molar refractivity (Wildman–Crippen MR) is 72.4 cm³/mol. The Labute approximate surface area is 114 Å². The normalized spacial score (nSPS) is 10.2. The van der Waals surface area contributed by atoms with Crippen LogP contribution in [0.3, 0.4) is 0 Å². The van der Waals surface area contributed by atoms with Crippen LogP contribution in [0.15, 0.2) is 52.3 Å². The molecule has 0 radical (unpaired) electrons. The highest BCUT2D eigenvalue weighted by molar-refractivity contribution is 7.99. The topological polar surface area (TPSA) is 17.1 Å². The Morgan fingerprint density at radius 3 is 2.35 bits per heavy atom. The molecule has 0 aromatic heterocycles. The van der Waals surface area contributed by atoms with Crippen molar-refractivity contribution in [3.63, 3.8) is 0 Å². The van der Waals surface area contributed by atoms with Gasteiger partial charge < -0.3 is 0 Å². The molecule has 17 heavy (non-hydrogen) atoms. The van der Waals surface area contributed by atoms with Gasteiger partial charge >= 0.3 is 0 Å². The summed E-state index contributed by atoms with van der Waals surface area (Å²) in [4.78, 5) is 12.4. The zero-order chi connectivity index (χ0) is 12.3. The summed E-state index contributed by atoms with van der Waals surface area (Å²) >= 11 is 13.5. The van der Waals surface area contributed by atoms with Crippen molar-refractivity contribution < 1.29 is 4.79 Å². The molecule has 0 aliphatic heterocycles. The third-order valence-corrected chi connectivity index (χ3v) is 3.88.